The maximum atomic E-state index is 9.54. The highest BCUT2D eigenvalue weighted by molar-refractivity contribution is 8.13. The van der Waals surface area contributed by atoms with Gasteiger partial charge < -0.3 is 5.73 Å². The van der Waals surface area contributed by atoms with Crippen LogP contribution in [0.2, 0.25) is 0 Å². The zero-order valence-electron chi connectivity index (χ0n) is 3.96. The molecule has 0 aromatic rings. The van der Waals surface area contributed by atoms with E-state index in [0.29, 0.717) is 11.8 Å². The molecule has 0 bridgehead atoms. The molecular formula is C2H5N3O2S. The average Bonchev–Trinajstić information content (AvgIpc) is 1.61. The summed E-state index contributed by atoms with van der Waals surface area (Å²) < 4.78 is 0. The van der Waals surface area contributed by atoms with Gasteiger partial charge in [0.2, 0.25) is 0 Å². The first-order valence-corrected chi connectivity index (χ1v) is 2.70. The molecule has 5 nitrogen and oxygen atoms in total. The Hall–Kier alpha value is -0.780. The Kier molecular flexibility index (Phi) is 2.93. The molecule has 0 saturated heterocycles. The van der Waals surface area contributed by atoms with Gasteiger partial charge in [0.1, 0.15) is 0 Å². The standard InChI is InChI=1S/C2H5N3O2S/c3-2(4)8-1-5(6)7/h1H2,(H3,3,4). The average molecular weight is 135 g/mol. The van der Waals surface area contributed by atoms with Crippen LogP contribution < -0.4 is 5.73 Å². The number of rotatable bonds is 2. The Balaban J connectivity index is 3.18. The Bertz CT molecular complexity index is 99.9. The van der Waals surface area contributed by atoms with Gasteiger partial charge in [-0.25, -0.2) is 0 Å². The van der Waals surface area contributed by atoms with E-state index < -0.39 is 4.92 Å². The SMILES string of the molecule is N=C(N)SC[N+](=O)[O-]. The molecule has 46 valence electrons. The van der Waals surface area contributed by atoms with Gasteiger partial charge in [-0.1, -0.05) is 0 Å². The van der Waals surface area contributed by atoms with Crippen molar-refractivity contribution < 1.29 is 4.92 Å². The van der Waals surface area contributed by atoms with Crippen LogP contribution in [0.4, 0.5) is 0 Å². The van der Waals surface area contributed by atoms with E-state index >= 15 is 0 Å². The number of thioether (sulfide) groups is 1. The highest BCUT2D eigenvalue weighted by Crippen LogP contribution is 1.95. The third-order valence-corrected chi connectivity index (χ3v) is 0.976. The molecule has 0 fully saturated rings. The molecule has 6 heteroatoms. The zero-order chi connectivity index (χ0) is 6.57. The fourth-order valence-corrected chi connectivity index (χ4v) is 0.367. The molecule has 0 rings (SSSR count). The third kappa shape index (κ3) is 5.22. The summed E-state index contributed by atoms with van der Waals surface area (Å²) in [6.45, 7) is 0. The quantitative estimate of drug-likeness (QED) is 0.181. The topological polar surface area (TPSA) is 93.0 Å². The van der Waals surface area contributed by atoms with E-state index in [0.717, 1.165) is 0 Å². The van der Waals surface area contributed by atoms with Gasteiger partial charge in [-0.3, -0.25) is 15.5 Å². The fourth-order valence-electron chi connectivity index (χ4n) is 0.122. The van der Waals surface area contributed by atoms with Crippen molar-refractivity contribution >= 4 is 16.9 Å². The van der Waals surface area contributed by atoms with E-state index in [1.807, 2.05) is 0 Å². The maximum Gasteiger partial charge on any atom is 0.256 e. The van der Waals surface area contributed by atoms with E-state index in [4.69, 9.17) is 11.1 Å². The number of hydrogen-bond acceptors (Lipinski definition) is 4. The van der Waals surface area contributed by atoms with Crippen LogP contribution >= 0.6 is 11.8 Å². The van der Waals surface area contributed by atoms with Crippen LogP contribution in [0.15, 0.2) is 0 Å². The molecule has 3 N–H and O–H groups in total. The molecular weight excluding hydrogens is 130 g/mol. The minimum Gasteiger partial charge on any atom is -0.379 e. The Labute approximate surface area is 49.9 Å². The Morgan fingerprint density at radius 1 is 2.00 bits per heavy atom. The van der Waals surface area contributed by atoms with Gasteiger partial charge in [-0.2, -0.15) is 0 Å². The van der Waals surface area contributed by atoms with Gasteiger partial charge in [0.05, 0.1) is 0 Å². The van der Waals surface area contributed by atoms with E-state index in [2.05, 4.69) is 0 Å². The first-order valence-electron chi connectivity index (χ1n) is 1.71. The number of nitrogens with two attached hydrogens (primary N) is 1. The maximum absolute atomic E-state index is 9.54. The fraction of sp³-hybridized carbons (Fsp3) is 0.500. The van der Waals surface area contributed by atoms with Crippen LogP contribution in [-0.2, 0) is 0 Å². The lowest BCUT2D eigenvalue weighted by molar-refractivity contribution is -0.456. The highest BCUT2D eigenvalue weighted by atomic mass is 32.2. The van der Waals surface area contributed by atoms with Crippen LogP contribution in [0.1, 0.15) is 0 Å². The molecule has 0 aromatic heterocycles. The molecule has 0 aliphatic heterocycles. The minimum absolute atomic E-state index is 0.221. The first kappa shape index (κ1) is 7.22. The van der Waals surface area contributed by atoms with Crippen molar-refractivity contribution in [1.82, 2.24) is 0 Å². The van der Waals surface area contributed by atoms with Crippen molar-refractivity contribution in [3.8, 4) is 0 Å². The molecule has 0 aromatic carbocycles. The van der Waals surface area contributed by atoms with Crippen molar-refractivity contribution in [2.75, 3.05) is 5.88 Å². The van der Waals surface area contributed by atoms with E-state index in [1.54, 1.807) is 0 Å². The lowest BCUT2D eigenvalue weighted by atomic mass is 11.4. The van der Waals surface area contributed by atoms with Gasteiger partial charge in [0.25, 0.3) is 5.88 Å². The molecule has 0 atom stereocenters. The second-order valence-corrected chi connectivity index (χ2v) is 1.96. The van der Waals surface area contributed by atoms with Crippen LogP contribution in [0.5, 0.6) is 0 Å². The summed E-state index contributed by atoms with van der Waals surface area (Å²) >= 11 is 0.701. The van der Waals surface area contributed by atoms with E-state index in [-0.39, 0.29) is 11.0 Å². The summed E-state index contributed by atoms with van der Waals surface area (Å²) in [7, 11) is 0. The molecule has 0 amide bonds. The summed E-state index contributed by atoms with van der Waals surface area (Å²) in [6.07, 6.45) is 0. The molecule has 0 saturated carbocycles. The van der Waals surface area contributed by atoms with Gasteiger partial charge >= 0.3 is 0 Å². The van der Waals surface area contributed by atoms with Crippen LogP contribution in [0, 0.1) is 15.5 Å². The second kappa shape index (κ2) is 3.25. The van der Waals surface area contributed by atoms with Gasteiger partial charge in [0.15, 0.2) is 5.17 Å². The summed E-state index contributed by atoms with van der Waals surface area (Å²) in [5.41, 5.74) is 4.78. The summed E-state index contributed by atoms with van der Waals surface area (Å²) in [5.74, 6) is -0.324. The summed E-state index contributed by atoms with van der Waals surface area (Å²) in [5, 5.41) is 15.8. The van der Waals surface area contributed by atoms with Gasteiger partial charge in [-0.05, 0) is 11.8 Å². The number of nitro groups is 1. The van der Waals surface area contributed by atoms with Gasteiger partial charge in [-0.15, -0.1) is 0 Å². The molecule has 0 heterocycles. The number of amidine groups is 1. The molecule has 8 heavy (non-hydrogen) atoms. The molecule has 0 aliphatic rings. The van der Waals surface area contributed by atoms with Crippen molar-refractivity contribution in [1.29, 1.82) is 5.41 Å². The lowest BCUT2D eigenvalue weighted by Gasteiger charge is -1.87. The molecule has 0 radical (unpaired) electrons. The van der Waals surface area contributed by atoms with Crippen molar-refractivity contribution in [3.63, 3.8) is 0 Å². The molecule has 0 aliphatic carbocycles. The Morgan fingerprint density at radius 3 is 2.62 bits per heavy atom. The second-order valence-electron chi connectivity index (χ2n) is 0.970. The normalized spacial score (nSPS) is 8.50. The summed E-state index contributed by atoms with van der Waals surface area (Å²) in [6, 6.07) is 0. The monoisotopic (exact) mass is 135 g/mol. The van der Waals surface area contributed by atoms with Crippen molar-refractivity contribution in [3.05, 3.63) is 10.1 Å². The lowest BCUT2D eigenvalue weighted by Crippen LogP contribution is -2.08. The number of nitrogens with one attached hydrogen (secondary N) is 1. The van der Waals surface area contributed by atoms with Gasteiger partial charge in [0, 0.05) is 4.92 Å². The Morgan fingerprint density at radius 2 is 2.50 bits per heavy atom. The largest absolute Gasteiger partial charge is 0.379 e. The van der Waals surface area contributed by atoms with Crippen molar-refractivity contribution in [2.24, 2.45) is 5.73 Å². The molecule has 0 spiro atoms. The third-order valence-electron chi connectivity index (χ3n) is 0.325. The smallest absolute Gasteiger partial charge is 0.256 e. The van der Waals surface area contributed by atoms with Crippen LogP contribution in [-0.4, -0.2) is 16.0 Å². The van der Waals surface area contributed by atoms with Crippen LogP contribution in [0.25, 0.3) is 0 Å². The first-order chi connectivity index (χ1) is 3.63. The predicted molar refractivity (Wildman–Crippen MR) is 31.4 cm³/mol. The zero-order valence-corrected chi connectivity index (χ0v) is 4.77. The highest BCUT2D eigenvalue weighted by Gasteiger charge is 1.96. The molecule has 0 unspecified atom stereocenters. The van der Waals surface area contributed by atoms with Crippen molar-refractivity contribution in [2.45, 2.75) is 0 Å². The van der Waals surface area contributed by atoms with E-state index in [9.17, 15) is 10.1 Å². The van der Waals surface area contributed by atoms with E-state index in [1.165, 1.54) is 0 Å². The van der Waals surface area contributed by atoms with Crippen LogP contribution in [0.3, 0.4) is 0 Å². The predicted octanol–water partition coefficient (Wildman–Crippen LogP) is -0.153. The number of nitrogens with zero attached hydrogens (tertiary/aromatic N) is 1. The number of hydrogen-bond donors (Lipinski definition) is 2. The minimum atomic E-state index is -0.536. The summed E-state index contributed by atoms with van der Waals surface area (Å²) in [4.78, 5) is 9.00.